The SMILES string of the molecule is C[C@@H]1[NH2+][C@]2(C(=O)Nc3ccccc32)[C@@H]2C(=O)N(c3cccc4ccccc34)C(=O)[C@@H]12. The van der Waals surface area contributed by atoms with Crippen molar-refractivity contribution in [2.45, 2.75) is 18.5 Å². The lowest BCUT2D eigenvalue weighted by molar-refractivity contribution is -0.730. The van der Waals surface area contributed by atoms with Crippen molar-refractivity contribution in [3.05, 3.63) is 72.3 Å². The Morgan fingerprint density at radius 1 is 0.900 bits per heavy atom. The molecule has 4 atom stereocenters. The van der Waals surface area contributed by atoms with Crippen molar-refractivity contribution in [1.82, 2.24) is 0 Å². The molecule has 2 saturated heterocycles. The predicted octanol–water partition coefficient (Wildman–Crippen LogP) is 1.76. The molecule has 6 rings (SSSR count). The number of carbonyl (C=O) groups is 3. The predicted molar refractivity (Wildman–Crippen MR) is 112 cm³/mol. The molecule has 0 bridgehead atoms. The summed E-state index contributed by atoms with van der Waals surface area (Å²) in [5.74, 6) is -2.02. The van der Waals surface area contributed by atoms with Crippen molar-refractivity contribution in [3.63, 3.8) is 0 Å². The lowest BCUT2D eigenvalue weighted by Crippen LogP contribution is -2.98. The maximum atomic E-state index is 13.8. The Kier molecular flexibility index (Phi) is 3.34. The summed E-state index contributed by atoms with van der Waals surface area (Å²) in [6, 6.07) is 20.6. The highest BCUT2D eigenvalue weighted by molar-refractivity contribution is 6.27. The van der Waals surface area contributed by atoms with Gasteiger partial charge >= 0.3 is 0 Å². The van der Waals surface area contributed by atoms with Gasteiger partial charge in [0.1, 0.15) is 11.8 Å². The van der Waals surface area contributed by atoms with E-state index in [9.17, 15) is 14.4 Å². The van der Waals surface area contributed by atoms with Gasteiger partial charge in [0.15, 0.2) is 0 Å². The van der Waals surface area contributed by atoms with Gasteiger partial charge < -0.3 is 10.6 Å². The molecule has 3 aliphatic heterocycles. The van der Waals surface area contributed by atoms with Crippen LogP contribution in [-0.2, 0) is 19.9 Å². The van der Waals surface area contributed by atoms with Gasteiger partial charge in [0.05, 0.1) is 17.4 Å². The third-order valence-electron chi connectivity index (χ3n) is 6.94. The minimum absolute atomic E-state index is 0.191. The number of para-hydroxylation sites is 1. The van der Waals surface area contributed by atoms with Crippen molar-refractivity contribution < 1.29 is 19.7 Å². The van der Waals surface area contributed by atoms with E-state index in [1.165, 1.54) is 4.90 Å². The zero-order valence-corrected chi connectivity index (χ0v) is 16.3. The van der Waals surface area contributed by atoms with Crippen molar-refractivity contribution in [2.24, 2.45) is 11.8 Å². The molecule has 3 amide bonds. The molecule has 30 heavy (non-hydrogen) atoms. The van der Waals surface area contributed by atoms with Gasteiger partial charge in [0, 0.05) is 10.9 Å². The van der Waals surface area contributed by atoms with Crippen LogP contribution in [0, 0.1) is 11.8 Å². The van der Waals surface area contributed by atoms with Crippen LogP contribution in [0.4, 0.5) is 11.4 Å². The van der Waals surface area contributed by atoms with Gasteiger partial charge in [0.25, 0.3) is 5.91 Å². The molecule has 1 spiro atoms. The number of rotatable bonds is 1. The topological polar surface area (TPSA) is 83.1 Å². The Morgan fingerprint density at radius 3 is 2.50 bits per heavy atom. The van der Waals surface area contributed by atoms with E-state index >= 15 is 0 Å². The number of nitrogens with zero attached hydrogens (tertiary/aromatic N) is 1. The van der Waals surface area contributed by atoms with E-state index < -0.39 is 17.4 Å². The molecule has 0 saturated carbocycles. The average Bonchev–Trinajstić information content (AvgIpc) is 3.32. The van der Waals surface area contributed by atoms with Crippen molar-refractivity contribution >= 4 is 39.9 Å². The Bertz CT molecular complexity index is 1260. The molecule has 6 nitrogen and oxygen atoms in total. The Hall–Kier alpha value is -3.51. The lowest BCUT2D eigenvalue weighted by Gasteiger charge is -2.26. The first kappa shape index (κ1) is 17.4. The minimum Gasteiger partial charge on any atom is -0.326 e. The smallest absolute Gasteiger partial charge is 0.291 e. The first-order valence-corrected chi connectivity index (χ1v) is 10.2. The summed E-state index contributed by atoms with van der Waals surface area (Å²) in [6.07, 6.45) is 0. The number of imide groups is 1. The van der Waals surface area contributed by atoms with Gasteiger partial charge in [-0.2, -0.15) is 0 Å². The Morgan fingerprint density at radius 2 is 1.63 bits per heavy atom. The molecular formula is C24H20N3O3+. The molecule has 148 valence electrons. The highest BCUT2D eigenvalue weighted by Crippen LogP contribution is 2.50. The maximum Gasteiger partial charge on any atom is 0.291 e. The molecule has 3 aromatic carbocycles. The second-order valence-corrected chi connectivity index (χ2v) is 8.41. The van der Waals surface area contributed by atoms with E-state index in [1.807, 2.05) is 79.0 Å². The molecule has 0 aromatic heterocycles. The first-order chi connectivity index (χ1) is 14.5. The number of benzene rings is 3. The summed E-state index contributed by atoms with van der Waals surface area (Å²) in [6.45, 7) is 1.93. The number of fused-ring (bicyclic) bond motifs is 5. The fraction of sp³-hybridized carbons (Fsp3) is 0.208. The van der Waals surface area contributed by atoms with Gasteiger partial charge in [0.2, 0.25) is 17.4 Å². The molecule has 6 heteroatoms. The summed E-state index contributed by atoms with van der Waals surface area (Å²) in [4.78, 5) is 41.9. The van der Waals surface area contributed by atoms with Crippen LogP contribution in [-0.4, -0.2) is 23.8 Å². The summed E-state index contributed by atoms with van der Waals surface area (Å²) in [5, 5.41) is 6.66. The standard InChI is InChI=1S/C24H19N3O3/c1-13-19-20(24(26-13)16-10-4-5-11-17(16)25-23(24)30)22(29)27(21(19)28)18-12-6-8-14-7-2-3-9-15(14)18/h2-13,19-20,26H,1H3,(H,25,30)/p+1/t13-,19-,20-,24-/m0/s1. The van der Waals surface area contributed by atoms with Gasteiger partial charge in [-0.1, -0.05) is 54.6 Å². The molecule has 3 N–H and O–H groups in total. The number of amides is 3. The summed E-state index contributed by atoms with van der Waals surface area (Å²) < 4.78 is 0. The van der Waals surface area contributed by atoms with Gasteiger partial charge in [-0.15, -0.1) is 0 Å². The van der Waals surface area contributed by atoms with Crippen molar-refractivity contribution in [2.75, 3.05) is 10.2 Å². The Labute approximate surface area is 172 Å². The normalized spacial score (nSPS) is 29.6. The van der Waals surface area contributed by atoms with Crippen LogP contribution in [0.3, 0.4) is 0 Å². The number of anilines is 2. The maximum absolute atomic E-state index is 13.8. The summed E-state index contributed by atoms with van der Waals surface area (Å²) >= 11 is 0. The number of hydrogen-bond donors (Lipinski definition) is 2. The second-order valence-electron chi connectivity index (χ2n) is 8.41. The molecule has 3 heterocycles. The molecule has 3 aromatic rings. The average molecular weight is 398 g/mol. The Balaban J connectivity index is 1.54. The van der Waals surface area contributed by atoms with Gasteiger partial charge in [-0.05, 0) is 24.4 Å². The number of hydrogen-bond acceptors (Lipinski definition) is 3. The highest BCUT2D eigenvalue weighted by Gasteiger charge is 2.73. The number of nitrogens with two attached hydrogens (primary N) is 1. The van der Waals surface area contributed by atoms with E-state index in [1.54, 1.807) is 0 Å². The fourth-order valence-corrected chi connectivity index (χ4v) is 5.74. The van der Waals surface area contributed by atoms with Gasteiger partial charge in [-0.3, -0.25) is 14.4 Å². The zero-order valence-electron chi connectivity index (χ0n) is 16.3. The van der Waals surface area contributed by atoms with Crippen molar-refractivity contribution in [3.8, 4) is 0 Å². The van der Waals surface area contributed by atoms with Crippen molar-refractivity contribution in [1.29, 1.82) is 0 Å². The molecule has 0 unspecified atom stereocenters. The number of quaternary nitrogens is 1. The van der Waals surface area contributed by atoms with E-state index in [-0.39, 0.29) is 23.8 Å². The van der Waals surface area contributed by atoms with Gasteiger partial charge in [-0.25, -0.2) is 4.90 Å². The third-order valence-corrected chi connectivity index (χ3v) is 6.94. The van der Waals surface area contributed by atoms with E-state index in [2.05, 4.69) is 5.32 Å². The van der Waals surface area contributed by atoms with E-state index in [0.717, 1.165) is 22.0 Å². The van der Waals surface area contributed by atoms with E-state index in [0.29, 0.717) is 5.69 Å². The highest BCUT2D eigenvalue weighted by atomic mass is 16.2. The quantitative estimate of drug-likeness (QED) is 0.613. The molecule has 0 aliphatic carbocycles. The van der Waals surface area contributed by atoms with E-state index in [4.69, 9.17) is 0 Å². The number of carbonyl (C=O) groups excluding carboxylic acids is 3. The van der Waals surface area contributed by atoms with Crippen LogP contribution in [0.15, 0.2) is 66.7 Å². The monoisotopic (exact) mass is 398 g/mol. The van der Waals surface area contributed by atoms with Crippen LogP contribution >= 0.6 is 0 Å². The minimum atomic E-state index is -1.10. The third kappa shape index (κ3) is 1.94. The van der Waals surface area contributed by atoms with Crippen LogP contribution in [0.25, 0.3) is 10.8 Å². The molecule has 3 aliphatic rings. The summed E-state index contributed by atoms with van der Waals surface area (Å²) in [7, 11) is 0. The van der Waals surface area contributed by atoms with Crippen LogP contribution < -0.4 is 15.5 Å². The molecular weight excluding hydrogens is 378 g/mol. The van der Waals surface area contributed by atoms with Crippen LogP contribution in [0.2, 0.25) is 0 Å². The number of nitrogens with one attached hydrogen (secondary N) is 1. The zero-order chi connectivity index (χ0) is 20.6. The second kappa shape index (κ2) is 5.77. The van der Waals surface area contributed by atoms with Crippen LogP contribution in [0.5, 0.6) is 0 Å². The molecule has 0 radical (unpaired) electrons. The van der Waals surface area contributed by atoms with Crippen LogP contribution in [0.1, 0.15) is 12.5 Å². The largest absolute Gasteiger partial charge is 0.326 e. The molecule has 2 fully saturated rings. The lowest BCUT2D eigenvalue weighted by atomic mass is 9.76. The summed E-state index contributed by atoms with van der Waals surface area (Å²) in [5.41, 5.74) is 0.990. The fourth-order valence-electron chi connectivity index (χ4n) is 5.74. The first-order valence-electron chi connectivity index (χ1n) is 10.2.